The minimum atomic E-state index is -0.507. The van der Waals surface area contributed by atoms with E-state index in [2.05, 4.69) is 29.6 Å². The van der Waals surface area contributed by atoms with Crippen LogP contribution in [-0.2, 0) is 14.3 Å². The summed E-state index contributed by atoms with van der Waals surface area (Å²) in [6, 6.07) is 16.4. The van der Waals surface area contributed by atoms with Gasteiger partial charge in [-0.25, -0.2) is 4.79 Å². The first-order valence-electron chi connectivity index (χ1n) is 8.83. The molecule has 0 aromatic heterocycles. The summed E-state index contributed by atoms with van der Waals surface area (Å²) in [6.07, 6.45) is -0.507. The highest BCUT2D eigenvalue weighted by Gasteiger charge is 2.28. The Hall–Kier alpha value is -2.82. The van der Waals surface area contributed by atoms with Gasteiger partial charge in [-0.2, -0.15) is 0 Å². The number of esters is 1. The number of rotatable bonds is 6. The molecule has 1 amide bonds. The number of benzene rings is 2. The van der Waals surface area contributed by atoms with Crippen LogP contribution in [0.25, 0.3) is 11.1 Å². The zero-order chi connectivity index (χ0) is 18.5. The number of fused-ring (bicyclic) bond motifs is 3. The summed E-state index contributed by atoms with van der Waals surface area (Å²) in [4.78, 5) is 23.3. The Morgan fingerprint density at radius 1 is 0.962 bits per heavy atom. The molecule has 5 heteroatoms. The van der Waals surface area contributed by atoms with E-state index in [-0.39, 0.29) is 37.6 Å². The van der Waals surface area contributed by atoms with Crippen LogP contribution in [0.3, 0.4) is 0 Å². The number of ether oxygens (including phenoxy) is 2. The normalized spacial score (nSPS) is 12.4. The smallest absolute Gasteiger partial charge is 0.407 e. The van der Waals surface area contributed by atoms with Gasteiger partial charge in [0.1, 0.15) is 13.2 Å². The lowest BCUT2D eigenvalue weighted by atomic mass is 9.98. The van der Waals surface area contributed by atoms with Gasteiger partial charge in [-0.15, -0.1) is 0 Å². The number of hydrogen-bond donors (Lipinski definition) is 1. The zero-order valence-corrected chi connectivity index (χ0v) is 15.0. The van der Waals surface area contributed by atoms with Crippen LogP contribution in [-0.4, -0.2) is 31.8 Å². The maximum atomic E-state index is 11.9. The Morgan fingerprint density at radius 3 is 2.12 bits per heavy atom. The van der Waals surface area contributed by atoms with Gasteiger partial charge in [0, 0.05) is 5.92 Å². The number of carbonyl (C=O) groups is 2. The van der Waals surface area contributed by atoms with Crippen LogP contribution < -0.4 is 5.32 Å². The molecule has 0 atom stereocenters. The van der Waals surface area contributed by atoms with E-state index in [0.29, 0.717) is 0 Å². The minimum Gasteiger partial charge on any atom is -0.464 e. The molecule has 1 N–H and O–H groups in total. The highest BCUT2D eigenvalue weighted by atomic mass is 16.6. The molecule has 0 fully saturated rings. The number of alkyl carbamates (subject to hydrolysis) is 1. The van der Waals surface area contributed by atoms with Crippen molar-refractivity contribution >= 4 is 12.1 Å². The van der Waals surface area contributed by atoms with Crippen molar-refractivity contribution in [2.75, 3.05) is 19.8 Å². The molecule has 26 heavy (non-hydrogen) atoms. The van der Waals surface area contributed by atoms with Crippen LogP contribution in [0.4, 0.5) is 4.79 Å². The van der Waals surface area contributed by atoms with Crippen molar-refractivity contribution in [3.05, 3.63) is 59.7 Å². The summed E-state index contributed by atoms with van der Waals surface area (Å²) in [5.41, 5.74) is 4.73. The molecule has 0 saturated heterocycles. The number of nitrogens with one attached hydrogen (secondary N) is 1. The third-order valence-corrected chi connectivity index (χ3v) is 4.43. The molecule has 0 saturated carbocycles. The van der Waals surface area contributed by atoms with Gasteiger partial charge in [0.05, 0.1) is 12.5 Å². The summed E-state index contributed by atoms with van der Waals surface area (Å²) in [7, 11) is 0. The molecule has 0 heterocycles. The van der Waals surface area contributed by atoms with E-state index in [0.717, 1.165) is 0 Å². The standard InChI is InChI=1S/C21H23NO4/c1-14(2)20(23)25-12-11-22-21(24)26-13-19-17-9-5-3-7-15(17)16-8-4-6-10-18(16)19/h3-10,14,19H,11-13H2,1-2H3,(H,22,24). The number of hydrogen-bond acceptors (Lipinski definition) is 4. The fraction of sp³-hybridized carbons (Fsp3) is 0.333. The maximum absolute atomic E-state index is 11.9. The Morgan fingerprint density at radius 2 is 1.54 bits per heavy atom. The van der Waals surface area contributed by atoms with Gasteiger partial charge in [-0.1, -0.05) is 62.4 Å². The Balaban J connectivity index is 1.53. The molecule has 0 aliphatic heterocycles. The summed E-state index contributed by atoms with van der Waals surface area (Å²) >= 11 is 0. The first-order chi connectivity index (χ1) is 12.6. The van der Waals surface area contributed by atoms with Crippen LogP contribution >= 0.6 is 0 Å². The monoisotopic (exact) mass is 353 g/mol. The van der Waals surface area contributed by atoms with Gasteiger partial charge >= 0.3 is 12.1 Å². The average Bonchev–Trinajstić information content (AvgIpc) is 2.97. The molecule has 3 rings (SSSR count). The van der Waals surface area contributed by atoms with Crippen LogP contribution in [0.2, 0.25) is 0 Å². The number of amides is 1. The van der Waals surface area contributed by atoms with Crippen LogP contribution in [0.5, 0.6) is 0 Å². The highest BCUT2D eigenvalue weighted by molar-refractivity contribution is 5.79. The predicted octanol–water partition coefficient (Wildman–Crippen LogP) is 3.72. The summed E-state index contributed by atoms with van der Waals surface area (Å²) < 4.78 is 10.4. The molecule has 2 aromatic rings. The number of carbonyl (C=O) groups excluding carboxylic acids is 2. The van der Waals surface area contributed by atoms with Crippen molar-refractivity contribution in [3.63, 3.8) is 0 Å². The topological polar surface area (TPSA) is 64.6 Å². The average molecular weight is 353 g/mol. The van der Waals surface area contributed by atoms with Gasteiger partial charge in [-0.3, -0.25) is 4.79 Å². The lowest BCUT2D eigenvalue weighted by Gasteiger charge is -2.14. The largest absolute Gasteiger partial charge is 0.464 e. The highest BCUT2D eigenvalue weighted by Crippen LogP contribution is 2.44. The van der Waals surface area contributed by atoms with E-state index in [4.69, 9.17) is 9.47 Å². The van der Waals surface area contributed by atoms with E-state index in [1.165, 1.54) is 22.3 Å². The van der Waals surface area contributed by atoms with E-state index >= 15 is 0 Å². The summed E-state index contributed by atoms with van der Waals surface area (Å²) in [6.45, 7) is 4.17. The molecule has 0 unspecified atom stereocenters. The third-order valence-electron chi connectivity index (χ3n) is 4.43. The first-order valence-corrected chi connectivity index (χ1v) is 8.83. The second-order valence-corrected chi connectivity index (χ2v) is 6.57. The quantitative estimate of drug-likeness (QED) is 0.635. The Labute approximate surface area is 153 Å². The lowest BCUT2D eigenvalue weighted by Crippen LogP contribution is -2.30. The van der Waals surface area contributed by atoms with Gasteiger partial charge < -0.3 is 14.8 Å². The second kappa shape index (κ2) is 8.04. The Kier molecular flexibility index (Phi) is 5.56. The van der Waals surface area contributed by atoms with E-state index < -0.39 is 6.09 Å². The zero-order valence-electron chi connectivity index (χ0n) is 15.0. The molecule has 1 aliphatic rings. The van der Waals surface area contributed by atoms with Crippen LogP contribution in [0, 0.1) is 5.92 Å². The summed E-state index contributed by atoms with van der Waals surface area (Å²) in [5.74, 6) is -0.421. The van der Waals surface area contributed by atoms with Crippen LogP contribution in [0.15, 0.2) is 48.5 Å². The molecule has 0 radical (unpaired) electrons. The molecular formula is C21H23NO4. The van der Waals surface area contributed by atoms with Crippen molar-refractivity contribution in [2.24, 2.45) is 5.92 Å². The molecular weight excluding hydrogens is 330 g/mol. The molecule has 0 bridgehead atoms. The molecule has 1 aliphatic carbocycles. The minimum absolute atomic E-state index is 0.0342. The third kappa shape index (κ3) is 3.87. The molecule has 2 aromatic carbocycles. The van der Waals surface area contributed by atoms with Crippen molar-refractivity contribution in [1.82, 2.24) is 5.32 Å². The van der Waals surface area contributed by atoms with E-state index in [9.17, 15) is 9.59 Å². The predicted molar refractivity (Wildman–Crippen MR) is 98.9 cm³/mol. The van der Waals surface area contributed by atoms with Crippen molar-refractivity contribution in [3.8, 4) is 11.1 Å². The molecule has 0 spiro atoms. The van der Waals surface area contributed by atoms with Crippen molar-refractivity contribution in [2.45, 2.75) is 19.8 Å². The fourth-order valence-electron chi connectivity index (χ4n) is 3.12. The van der Waals surface area contributed by atoms with Crippen molar-refractivity contribution in [1.29, 1.82) is 0 Å². The van der Waals surface area contributed by atoms with E-state index in [1.54, 1.807) is 13.8 Å². The SMILES string of the molecule is CC(C)C(=O)OCCNC(=O)OCC1c2ccccc2-c2ccccc21. The van der Waals surface area contributed by atoms with Crippen molar-refractivity contribution < 1.29 is 19.1 Å². The Bertz CT molecular complexity index is 755. The molecule has 136 valence electrons. The van der Waals surface area contributed by atoms with Crippen LogP contribution in [0.1, 0.15) is 30.9 Å². The van der Waals surface area contributed by atoms with Gasteiger partial charge in [0.15, 0.2) is 0 Å². The molecule has 5 nitrogen and oxygen atoms in total. The van der Waals surface area contributed by atoms with Gasteiger partial charge in [0.2, 0.25) is 0 Å². The lowest BCUT2D eigenvalue weighted by molar-refractivity contribution is -0.147. The summed E-state index contributed by atoms with van der Waals surface area (Å²) in [5, 5.41) is 2.61. The fourth-order valence-corrected chi connectivity index (χ4v) is 3.12. The maximum Gasteiger partial charge on any atom is 0.407 e. The van der Waals surface area contributed by atoms with E-state index in [1.807, 2.05) is 24.3 Å². The second-order valence-electron chi connectivity index (χ2n) is 6.57. The van der Waals surface area contributed by atoms with Gasteiger partial charge in [-0.05, 0) is 22.3 Å². The van der Waals surface area contributed by atoms with Gasteiger partial charge in [0.25, 0.3) is 0 Å². The first kappa shape index (κ1) is 18.0.